The highest BCUT2D eigenvalue weighted by Crippen LogP contribution is 2.35. The lowest BCUT2D eigenvalue weighted by Crippen LogP contribution is -2.44. The number of fused-ring (bicyclic) bond motifs is 3. The summed E-state index contributed by atoms with van der Waals surface area (Å²) in [6.45, 7) is 9.05. The third-order valence-corrected chi connectivity index (χ3v) is 8.10. The lowest BCUT2D eigenvalue weighted by molar-refractivity contribution is 0.0939. The average molecular weight is 495 g/mol. The zero-order valence-corrected chi connectivity index (χ0v) is 22.0. The van der Waals surface area contributed by atoms with E-state index in [1.807, 2.05) is 49.0 Å². The van der Waals surface area contributed by atoms with Gasteiger partial charge < -0.3 is 10.2 Å². The number of para-hydroxylation sites is 1. The fraction of sp³-hybridized carbons (Fsp3) is 0.367. The summed E-state index contributed by atoms with van der Waals surface area (Å²) in [5, 5.41) is 8.97. The van der Waals surface area contributed by atoms with E-state index < -0.39 is 0 Å². The third kappa shape index (κ3) is 4.27. The summed E-state index contributed by atoms with van der Waals surface area (Å²) in [6, 6.07) is 19.4. The Labute approximate surface area is 218 Å². The molecule has 1 N–H and O–H groups in total. The molecule has 2 bridgehead atoms. The van der Waals surface area contributed by atoms with Gasteiger partial charge in [0, 0.05) is 54.6 Å². The van der Waals surface area contributed by atoms with Crippen LogP contribution in [-0.2, 0) is 6.54 Å². The number of carbonyl (C=O) groups is 1. The largest absolute Gasteiger partial charge is 0.366 e. The summed E-state index contributed by atoms with van der Waals surface area (Å²) in [7, 11) is 2.21. The number of aryl methyl sites for hydroxylation is 2. The molecule has 4 heterocycles. The van der Waals surface area contributed by atoms with Gasteiger partial charge in [-0.3, -0.25) is 14.4 Å². The maximum atomic E-state index is 13.6. The number of pyridine rings is 1. The fourth-order valence-corrected chi connectivity index (χ4v) is 5.93. The van der Waals surface area contributed by atoms with E-state index in [0.29, 0.717) is 12.1 Å². The number of piperazine rings is 1. The molecule has 2 unspecified atom stereocenters. The smallest absolute Gasteiger partial charge is 0.252 e. The van der Waals surface area contributed by atoms with Crippen LogP contribution in [0.5, 0.6) is 0 Å². The quantitative estimate of drug-likeness (QED) is 0.417. The normalized spacial score (nSPS) is 20.1. The summed E-state index contributed by atoms with van der Waals surface area (Å²) in [5.74, 6) is -0.0500. The molecular formula is C30H34N6O. The van der Waals surface area contributed by atoms with Crippen molar-refractivity contribution in [3.05, 3.63) is 77.5 Å². The van der Waals surface area contributed by atoms with Crippen molar-refractivity contribution in [1.82, 2.24) is 25.0 Å². The number of benzene rings is 2. The molecule has 0 saturated carbocycles. The molecule has 0 aliphatic carbocycles. The number of amides is 1. The monoisotopic (exact) mass is 494 g/mol. The van der Waals surface area contributed by atoms with E-state index in [2.05, 4.69) is 64.5 Å². The molecule has 0 spiro atoms. The lowest BCUT2D eigenvalue weighted by atomic mass is 10.00. The van der Waals surface area contributed by atoms with Crippen LogP contribution in [0.1, 0.15) is 47.8 Å². The zero-order chi connectivity index (χ0) is 25.7. The van der Waals surface area contributed by atoms with Crippen molar-refractivity contribution in [3.63, 3.8) is 0 Å². The van der Waals surface area contributed by atoms with E-state index in [1.54, 1.807) is 0 Å². The molecule has 4 aromatic rings. The van der Waals surface area contributed by atoms with Gasteiger partial charge in [-0.1, -0.05) is 24.3 Å². The van der Waals surface area contributed by atoms with Gasteiger partial charge in [0.2, 0.25) is 0 Å². The van der Waals surface area contributed by atoms with E-state index in [1.165, 1.54) is 6.42 Å². The molecule has 2 aromatic carbocycles. The summed E-state index contributed by atoms with van der Waals surface area (Å²) in [4.78, 5) is 23.4. The summed E-state index contributed by atoms with van der Waals surface area (Å²) in [6.07, 6.45) is 3.17. The Morgan fingerprint density at radius 2 is 1.92 bits per heavy atom. The van der Waals surface area contributed by atoms with Crippen molar-refractivity contribution in [2.45, 2.75) is 51.9 Å². The predicted molar refractivity (Wildman–Crippen MR) is 148 cm³/mol. The first-order valence-electron chi connectivity index (χ1n) is 13.2. The number of likely N-dealkylation sites (tertiary alicyclic amines) is 1. The molecule has 6 rings (SSSR count). The van der Waals surface area contributed by atoms with Crippen molar-refractivity contribution in [3.8, 4) is 11.4 Å². The molecule has 2 fully saturated rings. The van der Waals surface area contributed by atoms with Gasteiger partial charge in [0.25, 0.3) is 5.91 Å². The number of anilines is 1. The minimum Gasteiger partial charge on any atom is -0.366 e. The van der Waals surface area contributed by atoms with Gasteiger partial charge in [0.15, 0.2) is 0 Å². The van der Waals surface area contributed by atoms with Crippen LogP contribution in [0.4, 0.5) is 5.69 Å². The van der Waals surface area contributed by atoms with Crippen LogP contribution in [0, 0.1) is 6.92 Å². The summed E-state index contributed by atoms with van der Waals surface area (Å²) in [5.41, 5.74) is 6.45. The van der Waals surface area contributed by atoms with Gasteiger partial charge in [-0.15, -0.1) is 0 Å². The lowest BCUT2D eigenvalue weighted by Gasteiger charge is -2.34. The fourth-order valence-electron chi connectivity index (χ4n) is 5.93. The Balaban J connectivity index is 1.29. The molecule has 190 valence electrons. The molecule has 2 aliphatic heterocycles. The second-order valence-corrected chi connectivity index (χ2v) is 10.5. The highest BCUT2D eigenvalue weighted by Gasteiger charge is 2.41. The van der Waals surface area contributed by atoms with Crippen LogP contribution in [0.25, 0.3) is 22.3 Å². The maximum absolute atomic E-state index is 13.6. The SMILES string of the molecule is CCn1ccc(-c2cc([C@@H](C)NC(=O)c3cc(N4CC5CC4CN5C)ccc3C)c3ccccc3n2)n1. The number of likely N-dealkylation sites (N-methyl/N-ethyl adjacent to an activating group) is 1. The molecule has 2 aromatic heterocycles. The first kappa shape index (κ1) is 23.7. The molecule has 1 amide bonds. The second kappa shape index (κ2) is 9.30. The minimum absolute atomic E-state index is 0.0500. The Bertz CT molecular complexity index is 1470. The van der Waals surface area contributed by atoms with Gasteiger partial charge in [0.05, 0.1) is 17.3 Å². The summed E-state index contributed by atoms with van der Waals surface area (Å²) < 4.78 is 1.90. The zero-order valence-electron chi connectivity index (χ0n) is 22.0. The molecule has 2 aliphatic rings. The highest BCUT2D eigenvalue weighted by atomic mass is 16.1. The van der Waals surface area contributed by atoms with Crippen molar-refractivity contribution in [1.29, 1.82) is 0 Å². The van der Waals surface area contributed by atoms with Crippen LogP contribution in [0.2, 0.25) is 0 Å². The number of carbonyl (C=O) groups excluding carboxylic acids is 1. The first-order valence-corrected chi connectivity index (χ1v) is 13.2. The van der Waals surface area contributed by atoms with Crippen LogP contribution in [0.15, 0.2) is 60.8 Å². The maximum Gasteiger partial charge on any atom is 0.252 e. The number of nitrogens with zero attached hydrogens (tertiary/aromatic N) is 5. The molecule has 7 heteroatoms. The van der Waals surface area contributed by atoms with E-state index in [-0.39, 0.29) is 11.9 Å². The number of hydrogen-bond acceptors (Lipinski definition) is 5. The van der Waals surface area contributed by atoms with E-state index in [4.69, 9.17) is 4.98 Å². The third-order valence-electron chi connectivity index (χ3n) is 8.10. The van der Waals surface area contributed by atoms with E-state index in [9.17, 15) is 4.79 Å². The van der Waals surface area contributed by atoms with Crippen molar-refractivity contribution in [2.75, 3.05) is 25.0 Å². The molecule has 0 radical (unpaired) electrons. The highest BCUT2D eigenvalue weighted by molar-refractivity contribution is 5.97. The predicted octanol–water partition coefficient (Wildman–Crippen LogP) is 4.81. The van der Waals surface area contributed by atoms with Crippen LogP contribution in [-0.4, -0.2) is 57.8 Å². The molecule has 37 heavy (non-hydrogen) atoms. The number of aromatic nitrogens is 3. The van der Waals surface area contributed by atoms with Crippen molar-refractivity contribution < 1.29 is 4.79 Å². The topological polar surface area (TPSA) is 66.3 Å². The number of rotatable bonds is 6. The molecular weight excluding hydrogens is 460 g/mol. The van der Waals surface area contributed by atoms with Crippen molar-refractivity contribution in [2.24, 2.45) is 0 Å². The summed E-state index contributed by atoms with van der Waals surface area (Å²) >= 11 is 0. The Morgan fingerprint density at radius 1 is 1.08 bits per heavy atom. The Kier molecular flexibility index (Phi) is 5.95. The van der Waals surface area contributed by atoms with Gasteiger partial charge in [-0.05, 0) is 75.7 Å². The van der Waals surface area contributed by atoms with Gasteiger partial charge in [0.1, 0.15) is 5.69 Å². The van der Waals surface area contributed by atoms with Crippen LogP contribution >= 0.6 is 0 Å². The van der Waals surface area contributed by atoms with Crippen molar-refractivity contribution >= 4 is 22.5 Å². The van der Waals surface area contributed by atoms with Crippen LogP contribution < -0.4 is 10.2 Å². The van der Waals surface area contributed by atoms with Gasteiger partial charge >= 0.3 is 0 Å². The average Bonchev–Trinajstić information content (AvgIpc) is 3.64. The molecule has 2 saturated heterocycles. The van der Waals surface area contributed by atoms with Crippen LogP contribution in [0.3, 0.4) is 0 Å². The Morgan fingerprint density at radius 3 is 2.65 bits per heavy atom. The number of nitrogens with one attached hydrogen (secondary N) is 1. The van der Waals surface area contributed by atoms with E-state index >= 15 is 0 Å². The second-order valence-electron chi connectivity index (χ2n) is 10.5. The molecule has 3 atom stereocenters. The van der Waals surface area contributed by atoms with Gasteiger partial charge in [-0.25, -0.2) is 4.98 Å². The number of hydrogen-bond donors (Lipinski definition) is 1. The van der Waals surface area contributed by atoms with Gasteiger partial charge in [-0.2, -0.15) is 5.10 Å². The van der Waals surface area contributed by atoms with E-state index in [0.717, 1.165) is 64.3 Å². The Hall–Kier alpha value is -3.71. The minimum atomic E-state index is -0.202. The first-order chi connectivity index (χ1) is 17.9. The molecule has 7 nitrogen and oxygen atoms in total. The standard InChI is InChI=1S/C30H34N6O/c1-5-35-13-12-28(33-35)29-16-26(24-8-6-7-9-27(24)32-29)20(3)31-30(37)25-15-21(11-10-19(25)2)36-18-22-14-23(36)17-34(22)4/h6-13,15-16,20,22-23H,5,14,17-18H2,1-4H3,(H,31,37)/t20-,22?,23?/m1/s1.